The Labute approximate surface area is 61.6 Å². The smallest absolute Gasteiger partial charge is 0.0781 e. The highest BCUT2D eigenvalue weighted by molar-refractivity contribution is 7.80. The highest BCUT2D eigenvalue weighted by Crippen LogP contribution is 1.97. The van der Waals surface area contributed by atoms with Gasteiger partial charge in [0, 0.05) is 5.75 Å². The first kappa shape index (κ1) is 9.27. The second kappa shape index (κ2) is 5.09. The molecule has 0 radical (unpaired) electrons. The molecule has 0 aliphatic heterocycles. The van der Waals surface area contributed by atoms with Crippen molar-refractivity contribution in [1.29, 1.82) is 0 Å². The zero-order valence-electron chi connectivity index (χ0n) is 5.87. The predicted molar refractivity (Wildman–Crippen MR) is 40.9 cm³/mol. The van der Waals surface area contributed by atoms with Crippen molar-refractivity contribution in [3.63, 3.8) is 0 Å². The molecule has 0 aliphatic carbocycles. The van der Waals surface area contributed by atoms with Crippen LogP contribution in [0.2, 0.25) is 0 Å². The number of rotatable bonds is 4. The summed E-state index contributed by atoms with van der Waals surface area (Å²) in [7, 11) is 0. The predicted octanol–water partition coefficient (Wildman–Crippen LogP) is 0.702. The molecule has 0 rings (SSSR count). The van der Waals surface area contributed by atoms with E-state index in [1.807, 2.05) is 13.8 Å². The Bertz CT molecular complexity index is 60.1. The molecule has 0 saturated heterocycles. The first-order valence-corrected chi connectivity index (χ1v) is 3.71. The topological polar surface area (TPSA) is 29.5 Å². The van der Waals surface area contributed by atoms with Crippen LogP contribution in [0.5, 0.6) is 0 Å². The average Bonchev–Trinajstić information content (AvgIpc) is 1.87. The number of ether oxygens (including phenoxy) is 1. The molecule has 0 saturated carbocycles. The highest BCUT2D eigenvalue weighted by Gasteiger charge is 2.03. The summed E-state index contributed by atoms with van der Waals surface area (Å²) in [5.41, 5.74) is 0. The van der Waals surface area contributed by atoms with Gasteiger partial charge in [-0.3, -0.25) is 0 Å². The lowest BCUT2D eigenvalue weighted by Crippen LogP contribution is -2.21. The second-order valence-corrected chi connectivity index (χ2v) is 2.49. The molecule has 0 bridgehead atoms. The fourth-order valence-electron chi connectivity index (χ4n) is 0.483. The number of aliphatic hydroxyl groups is 1. The van der Waals surface area contributed by atoms with Crippen molar-refractivity contribution in [3.8, 4) is 0 Å². The van der Waals surface area contributed by atoms with Crippen molar-refractivity contribution in [1.82, 2.24) is 0 Å². The largest absolute Gasteiger partial charge is 0.394 e. The molecule has 2 atom stereocenters. The Morgan fingerprint density at radius 3 is 2.33 bits per heavy atom. The summed E-state index contributed by atoms with van der Waals surface area (Å²) in [6, 6.07) is 0. The van der Waals surface area contributed by atoms with E-state index < -0.39 is 0 Å². The van der Waals surface area contributed by atoms with E-state index in [1.165, 1.54) is 0 Å². The van der Waals surface area contributed by atoms with E-state index >= 15 is 0 Å². The maximum absolute atomic E-state index is 8.53. The van der Waals surface area contributed by atoms with Crippen LogP contribution in [0.3, 0.4) is 0 Å². The Morgan fingerprint density at radius 2 is 2.00 bits per heavy atom. The van der Waals surface area contributed by atoms with Crippen LogP contribution < -0.4 is 0 Å². The summed E-state index contributed by atoms with van der Waals surface area (Å²) >= 11 is 4.02. The lowest BCUT2D eigenvalue weighted by Gasteiger charge is -2.14. The van der Waals surface area contributed by atoms with Crippen molar-refractivity contribution >= 4 is 12.6 Å². The van der Waals surface area contributed by atoms with Gasteiger partial charge in [0.25, 0.3) is 0 Å². The zero-order chi connectivity index (χ0) is 7.28. The van der Waals surface area contributed by atoms with Gasteiger partial charge in [-0.2, -0.15) is 12.6 Å². The highest BCUT2D eigenvalue weighted by atomic mass is 32.1. The third-order valence-corrected chi connectivity index (χ3v) is 1.49. The average molecular weight is 150 g/mol. The molecule has 0 fully saturated rings. The summed E-state index contributed by atoms with van der Waals surface area (Å²) < 4.78 is 5.22. The van der Waals surface area contributed by atoms with Crippen LogP contribution in [0.25, 0.3) is 0 Å². The molecule has 56 valence electrons. The van der Waals surface area contributed by atoms with Gasteiger partial charge >= 0.3 is 0 Å². The SMILES string of the molecule is CC(CO)OC(C)CS. The lowest BCUT2D eigenvalue weighted by atomic mass is 10.4. The molecule has 0 aromatic heterocycles. The Hall–Kier alpha value is 0.270. The van der Waals surface area contributed by atoms with Crippen LogP contribution in [0.4, 0.5) is 0 Å². The molecule has 3 heteroatoms. The van der Waals surface area contributed by atoms with Crippen molar-refractivity contribution < 1.29 is 9.84 Å². The Balaban J connectivity index is 3.22. The van der Waals surface area contributed by atoms with E-state index in [1.54, 1.807) is 0 Å². The molecule has 0 aliphatic rings. The van der Waals surface area contributed by atoms with Gasteiger partial charge in [0.1, 0.15) is 0 Å². The van der Waals surface area contributed by atoms with Gasteiger partial charge < -0.3 is 9.84 Å². The molecule has 0 aromatic carbocycles. The fourth-order valence-corrected chi connectivity index (χ4v) is 0.569. The zero-order valence-corrected chi connectivity index (χ0v) is 6.77. The van der Waals surface area contributed by atoms with Gasteiger partial charge in [0.2, 0.25) is 0 Å². The number of hydrogen-bond acceptors (Lipinski definition) is 3. The van der Waals surface area contributed by atoms with E-state index in [-0.39, 0.29) is 18.8 Å². The molecular weight excluding hydrogens is 136 g/mol. The van der Waals surface area contributed by atoms with Crippen LogP contribution in [0.1, 0.15) is 13.8 Å². The number of thiol groups is 1. The van der Waals surface area contributed by atoms with Gasteiger partial charge in [-0.05, 0) is 13.8 Å². The molecular formula is C6H14O2S. The molecule has 0 amide bonds. The van der Waals surface area contributed by atoms with Crippen molar-refractivity contribution in [2.45, 2.75) is 26.1 Å². The first-order valence-electron chi connectivity index (χ1n) is 3.08. The summed E-state index contributed by atoms with van der Waals surface area (Å²) in [5.74, 6) is 0.699. The summed E-state index contributed by atoms with van der Waals surface area (Å²) in [4.78, 5) is 0. The molecule has 1 N–H and O–H groups in total. The minimum Gasteiger partial charge on any atom is -0.394 e. The third-order valence-electron chi connectivity index (χ3n) is 0.979. The van der Waals surface area contributed by atoms with Crippen molar-refractivity contribution in [2.75, 3.05) is 12.4 Å². The molecule has 2 unspecified atom stereocenters. The molecule has 0 heterocycles. The molecule has 0 aromatic rings. The van der Waals surface area contributed by atoms with E-state index in [2.05, 4.69) is 12.6 Å². The Morgan fingerprint density at radius 1 is 1.44 bits per heavy atom. The van der Waals surface area contributed by atoms with E-state index in [0.717, 1.165) is 0 Å². The van der Waals surface area contributed by atoms with Crippen LogP contribution in [-0.4, -0.2) is 29.7 Å². The summed E-state index contributed by atoms with van der Waals surface area (Å²) in [6.45, 7) is 3.84. The normalized spacial score (nSPS) is 17.3. The minimum atomic E-state index is -0.0628. The molecule has 2 nitrogen and oxygen atoms in total. The van der Waals surface area contributed by atoms with Crippen LogP contribution in [0.15, 0.2) is 0 Å². The maximum atomic E-state index is 8.53. The number of aliphatic hydroxyl groups excluding tert-OH is 1. The lowest BCUT2D eigenvalue weighted by molar-refractivity contribution is -0.00984. The van der Waals surface area contributed by atoms with Crippen LogP contribution in [0, 0.1) is 0 Å². The van der Waals surface area contributed by atoms with E-state index in [9.17, 15) is 0 Å². The Kier molecular flexibility index (Phi) is 5.24. The third kappa shape index (κ3) is 4.75. The molecule has 0 spiro atoms. The number of hydrogen-bond donors (Lipinski definition) is 2. The van der Waals surface area contributed by atoms with Gasteiger partial charge in [0.15, 0.2) is 0 Å². The quantitative estimate of drug-likeness (QED) is 0.578. The van der Waals surface area contributed by atoms with Gasteiger partial charge in [-0.1, -0.05) is 0 Å². The first-order chi connectivity index (χ1) is 4.20. The molecule has 9 heavy (non-hydrogen) atoms. The van der Waals surface area contributed by atoms with Crippen molar-refractivity contribution in [3.05, 3.63) is 0 Å². The van der Waals surface area contributed by atoms with Gasteiger partial charge in [-0.25, -0.2) is 0 Å². The van der Waals surface area contributed by atoms with Gasteiger partial charge in [0.05, 0.1) is 18.8 Å². The van der Waals surface area contributed by atoms with E-state index in [0.29, 0.717) is 5.75 Å². The second-order valence-electron chi connectivity index (χ2n) is 2.12. The minimum absolute atomic E-state index is 0.0628. The van der Waals surface area contributed by atoms with E-state index in [4.69, 9.17) is 9.84 Å². The summed E-state index contributed by atoms with van der Waals surface area (Å²) in [5, 5.41) is 8.53. The van der Waals surface area contributed by atoms with Crippen molar-refractivity contribution in [2.24, 2.45) is 0 Å². The van der Waals surface area contributed by atoms with Crippen LogP contribution in [-0.2, 0) is 4.74 Å². The standard InChI is InChI=1S/C6H14O2S/c1-5(3-7)8-6(2)4-9/h5-7,9H,3-4H2,1-2H3. The summed E-state index contributed by atoms with van der Waals surface area (Å²) in [6.07, 6.45) is 0.0719. The van der Waals surface area contributed by atoms with Crippen LogP contribution >= 0.6 is 12.6 Å². The van der Waals surface area contributed by atoms with Gasteiger partial charge in [-0.15, -0.1) is 0 Å². The maximum Gasteiger partial charge on any atom is 0.0781 e. The fraction of sp³-hybridized carbons (Fsp3) is 1.00. The monoisotopic (exact) mass is 150 g/mol.